The first-order chi connectivity index (χ1) is 8.06. The molecule has 0 aliphatic carbocycles. The maximum Gasteiger partial charge on any atom is 0.0428 e. The van der Waals surface area contributed by atoms with Crippen LogP contribution in [0.5, 0.6) is 0 Å². The van der Waals surface area contributed by atoms with Crippen molar-refractivity contribution in [2.45, 2.75) is 20.8 Å². The molecule has 2 rings (SSSR count). The highest BCUT2D eigenvalue weighted by molar-refractivity contribution is 7.13. The van der Waals surface area contributed by atoms with Crippen LogP contribution in [0.4, 0.5) is 5.69 Å². The van der Waals surface area contributed by atoms with Gasteiger partial charge in [-0.25, -0.2) is 0 Å². The van der Waals surface area contributed by atoms with Crippen LogP contribution in [0.25, 0.3) is 10.4 Å². The zero-order chi connectivity index (χ0) is 12.3. The minimum Gasteiger partial charge on any atom is -0.384 e. The Kier molecular flexibility index (Phi) is 3.53. The van der Waals surface area contributed by atoms with Gasteiger partial charge in [0.15, 0.2) is 0 Å². The first-order valence-corrected chi connectivity index (χ1v) is 6.81. The first-order valence-electron chi connectivity index (χ1n) is 5.93. The third-order valence-corrected chi connectivity index (χ3v) is 3.43. The fourth-order valence-corrected chi connectivity index (χ4v) is 2.41. The molecular weight excluding hydrogens is 226 g/mol. The summed E-state index contributed by atoms with van der Waals surface area (Å²) in [6.07, 6.45) is 0. The van der Waals surface area contributed by atoms with E-state index in [4.69, 9.17) is 0 Å². The Labute approximate surface area is 108 Å². The van der Waals surface area contributed by atoms with Crippen molar-refractivity contribution in [3.05, 3.63) is 41.8 Å². The van der Waals surface area contributed by atoms with Crippen LogP contribution in [0.1, 0.15) is 20.8 Å². The van der Waals surface area contributed by atoms with Gasteiger partial charge in [-0.3, -0.25) is 0 Å². The minimum atomic E-state index is 0.294. The van der Waals surface area contributed by atoms with Crippen LogP contribution in [0.2, 0.25) is 0 Å². The molecule has 0 fully saturated rings. The molecule has 0 radical (unpaired) electrons. The summed E-state index contributed by atoms with van der Waals surface area (Å²) in [5, 5.41) is 5.67. The summed E-state index contributed by atoms with van der Waals surface area (Å²) in [6, 6.07) is 12.8. The Balaban J connectivity index is 2.23. The molecule has 0 bridgehead atoms. The van der Waals surface area contributed by atoms with Gasteiger partial charge < -0.3 is 5.32 Å². The molecular formula is C15H19NS. The number of hydrogen-bond donors (Lipinski definition) is 1. The van der Waals surface area contributed by atoms with Crippen LogP contribution < -0.4 is 5.32 Å². The van der Waals surface area contributed by atoms with Gasteiger partial charge in [0, 0.05) is 22.7 Å². The minimum absolute atomic E-state index is 0.294. The molecule has 0 atom stereocenters. The van der Waals surface area contributed by atoms with Gasteiger partial charge in [-0.1, -0.05) is 45.0 Å². The fraction of sp³-hybridized carbons (Fsp3) is 0.333. The standard InChI is InChI=1S/C15H19NS/c1-15(2,3)11-16-13-8-5-4-7-12(13)14-9-6-10-17-14/h4-10,16H,11H2,1-3H3. The summed E-state index contributed by atoms with van der Waals surface area (Å²) in [7, 11) is 0. The normalized spacial score (nSPS) is 11.5. The summed E-state index contributed by atoms with van der Waals surface area (Å²) in [5.74, 6) is 0. The van der Waals surface area contributed by atoms with Gasteiger partial charge in [0.25, 0.3) is 0 Å². The molecule has 0 aliphatic heterocycles. The Hall–Kier alpha value is -1.28. The fourth-order valence-electron chi connectivity index (χ4n) is 1.64. The van der Waals surface area contributed by atoms with Gasteiger partial charge in [-0.15, -0.1) is 11.3 Å². The Bertz CT molecular complexity index is 466. The number of benzene rings is 1. The van der Waals surface area contributed by atoms with Gasteiger partial charge in [-0.2, -0.15) is 0 Å². The largest absolute Gasteiger partial charge is 0.384 e. The molecule has 1 heterocycles. The van der Waals surface area contributed by atoms with E-state index in [1.54, 1.807) is 11.3 Å². The van der Waals surface area contributed by atoms with E-state index < -0.39 is 0 Å². The van der Waals surface area contributed by atoms with E-state index in [0.29, 0.717) is 5.41 Å². The van der Waals surface area contributed by atoms with Crippen molar-refractivity contribution < 1.29 is 0 Å². The van der Waals surface area contributed by atoms with Crippen molar-refractivity contribution >= 4 is 17.0 Å². The molecule has 1 aromatic carbocycles. The van der Waals surface area contributed by atoms with Gasteiger partial charge in [0.2, 0.25) is 0 Å². The molecule has 1 N–H and O–H groups in total. The van der Waals surface area contributed by atoms with Crippen LogP contribution in [0.15, 0.2) is 41.8 Å². The molecule has 17 heavy (non-hydrogen) atoms. The molecule has 0 spiro atoms. The molecule has 2 aromatic rings. The van der Waals surface area contributed by atoms with Crippen LogP contribution in [-0.2, 0) is 0 Å². The van der Waals surface area contributed by atoms with Gasteiger partial charge >= 0.3 is 0 Å². The van der Waals surface area contributed by atoms with Crippen LogP contribution in [0.3, 0.4) is 0 Å². The van der Waals surface area contributed by atoms with Gasteiger partial charge in [-0.05, 0) is 22.9 Å². The first kappa shape index (κ1) is 12.2. The second-order valence-electron chi connectivity index (χ2n) is 5.44. The Morgan fingerprint density at radius 3 is 2.47 bits per heavy atom. The lowest BCUT2D eigenvalue weighted by atomic mass is 9.96. The topological polar surface area (TPSA) is 12.0 Å². The summed E-state index contributed by atoms with van der Waals surface area (Å²) < 4.78 is 0. The highest BCUT2D eigenvalue weighted by atomic mass is 32.1. The number of anilines is 1. The average molecular weight is 245 g/mol. The number of hydrogen-bond acceptors (Lipinski definition) is 2. The quantitative estimate of drug-likeness (QED) is 0.813. The molecule has 1 nitrogen and oxygen atoms in total. The van der Waals surface area contributed by atoms with Crippen molar-refractivity contribution in [3.63, 3.8) is 0 Å². The van der Waals surface area contributed by atoms with Crippen LogP contribution in [0, 0.1) is 5.41 Å². The van der Waals surface area contributed by atoms with Crippen molar-refractivity contribution in [1.82, 2.24) is 0 Å². The maximum atomic E-state index is 3.55. The van der Waals surface area contributed by atoms with E-state index in [9.17, 15) is 0 Å². The maximum absolute atomic E-state index is 3.55. The number of thiophene rings is 1. The summed E-state index contributed by atoms with van der Waals surface area (Å²) in [6.45, 7) is 7.71. The zero-order valence-electron chi connectivity index (χ0n) is 10.7. The van der Waals surface area contributed by atoms with E-state index in [2.05, 4.69) is 67.9 Å². The lowest BCUT2D eigenvalue weighted by molar-refractivity contribution is 0.443. The summed E-state index contributed by atoms with van der Waals surface area (Å²) in [5.41, 5.74) is 2.82. The molecule has 2 heteroatoms. The molecule has 0 saturated carbocycles. The molecule has 0 aliphatic rings. The van der Waals surface area contributed by atoms with Crippen molar-refractivity contribution in [2.75, 3.05) is 11.9 Å². The molecule has 90 valence electrons. The summed E-state index contributed by atoms with van der Waals surface area (Å²) in [4.78, 5) is 1.32. The van der Waals surface area contributed by atoms with Crippen LogP contribution >= 0.6 is 11.3 Å². The third-order valence-electron chi connectivity index (χ3n) is 2.52. The zero-order valence-corrected chi connectivity index (χ0v) is 11.5. The van der Waals surface area contributed by atoms with E-state index in [0.717, 1.165) is 6.54 Å². The molecule has 0 amide bonds. The average Bonchev–Trinajstić information content (AvgIpc) is 2.79. The summed E-state index contributed by atoms with van der Waals surface area (Å²) >= 11 is 1.78. The SMILES string of the molecule is CC(C)(C)CNc1ccccc1-c1cccs1. The molecule has 0 unspecified atom stereocenters. The number of rotatable bonds is 3. The van der Waals surface area contributed by atoms with E-state index in [1.165, 1.54) is 16.1 Å². The predicted octanol–water partition coefficient (Wildman–Crippen LogP) is 4.87. The lowest BCUT2D eigenvalue weighted by Crippen LogP contribution is -2.19. The van der Waals surface area contributed by atoms with Gasteiger partial charge in [0.1, 0.15) is 0 Å². The Morgan fingerprint density at radius 2 is 1.82 bits per heavy atom. The highest BCUT2D eigenvalue weighted by Gasteiger charge is 2.11. The number of para-hydroxylation sites is 1. The Morgan fingerprint density at radius 1 is 1.06 bits per heavy atom. The van der Waals surface area contributed by atoms with Crippen molar-refractivity contribution in [3.8, 4) is 10.4 Å². The lowest BCUT2D eigenvalue weighted by Gasteiger charge is -2.21. The van der Waals surface area contributed by atoms with Crippen LogP contribution in [-0.4, -0.2) is 6.54 Å². The molecule has 0 saturated heterocycles. The highest BCUT2D eigenvalue weighted by Crippen LogP contribution is 2.31. The van der Waals surface area contributed by atoms with E-state index in [-0.39, 0.29) is 0 Å². The predicted molar refractivity (Wildman–Crippen MR) is 77.7 cm³/mol. The second-order valence-corrected chi connectivity index (χ2v) is 6.38. The van der Waals surface area contributed by atoms with E-state index in [1.807, 2.05) is 0 Å². The van der Waals surface area contributed by atoms with Crippen molar-refractivity contribution in [1.29, 1.82) is 0 Å². The second kappa shape index (κ2) is 4.92. The third kappa shape index (κ3) is 3.34. The number of nitrogens with one attached hydrogen (secondary N) is 1. The monoisotopic (exact) mass is 245 g/mol. The smallest absolute Gasteiger partial charge is 0.0428 e. The van der Waals surface area contributed by atoms with Crippen molar-refractivity contribution in [2.24, 2.45) is 5.41 Å². The van der Waals surface area contributed by atoms with E-state index >= 15 is 0 Å². The molecule has 1 aromatic heterocycles. The van der Waals surface area contributed by atoms with Gasteiger partial charge in [0.05, 0.1) is 0 Å².